The van der Waals surface area contributed by atoms with Gasteiger partial charge < -0.3 is 29.9 Å². The zero-order chi connectivity index (χ0) is 29.2. The molecule has 2 aliphatic rings. The highest BCUT2D eigenvalue weighted by Crippen LogP contribution is 2.28. The number of rotatable bonds is 16. The first-order valence-corrected chi connectivity index (χ1v) is 15.2. The molecule has 8 nitrogen and oxygen atoms in total. The van der Waals surface area contributed by atoms with Gasteiger partial charge in [0, 0.05) is 75.9 Å². The second-order valence-electron chi connectivity index (χ2n) is 11.6. The minimum atomic E-state index is 0.00823. The van der Waals surface area contributed by atoms with Crippen LogP contribution in [0.4, 0.5) is 0 Å². The Balaban J connectivity index is 1.37. The van der Waals surface area contributed by atoms with Crippen LogP contribution in [0, 0.1) is 5.92 Å². The zero-order valence-electron chi connectivity index (χ0n) is 25.2. The molecule has 1 saturated carbocycles. The van der Waals surface area contributed by atoms with Crippen molar-refractivity contribution in [2.24, 2.45) is 5.92 Å². The fourth-order valence-electron chi connectivity index (χ4n) is 5.52. The number of hydrogen-bond donors (Lipinski definition) is 2. The lowest BCUT2D eigenvalue weighted by Gasteiger charge is -2.32. The van der Waals surface area contributed by atoms with Gasteiger partial charge in [0.1, 0.15) is 5.75 Å². The SMILES string of the molecule is CCc1ccc(C(=O)N(C[C@@H]2CNC[C@H]2NCC(=O)N(Cc2ccccc2)C2CC2)C(C)C)cc1OCCCOC. The zero-order valence-corrected chi connectivity index (χ0v) is 25.2. The predicted molar refractivity (Wildman–Crippen MR) is 162 cm³/mol. The summed E-state index contributed by atoms with van der Waals surface area (Å²) in [4.78, 5) is 31.0. The maximum atomic E-state index is 13.8. The lowest BCUT2D eigenvalue weighted by molar-refractivity contribution is -0.131. The minimum absolute atomic E-state index is 0.00823. The molecule has 1 heterocycles. The van der Waals surface area contributed by atoms with Crippen molar-refractivity contribution in [3.8, 4) is 5.75 Å². The van der Waals surface area contributed by atoms with Crippen molar-refractivity contribution in [2.45, 2.75) is 71.1 Å². The summed E-state index contributed by atoms with van der Waals surface area (Å²) in [7, 11) is 1.68. The lowest BCUT2D eigenvalue weighted by Crippen LogP contribution is -2.49. The number of methoxy groups -OCH3 is 1. The van der Waals surface area contributed by atoms with Crippen LogP contribution in [-0.2, 0) is 22.5 Å². The van der Waals surface area contributed by atoms with E-state index in [1.807, 2.05) is 46.2 Å². The Kier molecular flexibility index (Phi) is 11.6. The second-order valence-corrected chi connectivity index (χ2v) is 11.6. The fraction of sp³-hybridized carbons (Fsp3) is 0.576. The molecule has 224 valence electrons. The quantitative estimate of drug-likeness (QED) is 0.301. The van der Waals surface area contributed by atoms with E-state index in [-0.39, 0.29) is 29.8 Å². The third-order valence-electron chi connectivity index (χ3n) is 8.12. The number of nitrogens with zero attached hydrogens (tertiary/aromatic N) is 2. The Morgan fingerprint density at radius 3 is 2.54 bits per heavy atom. The molecule has 0 unspecified atom stereocenters. The maximum Gasteiger partial charge on any atom is 0.254 e. The van der Waals surface area contributed by atoms with Gasteiger partial charge in [-0.15, -0.1) is 0 Å². The average Bonchev–Trinajstić information content (AvgIpc) is 3.73. The maximum absolute atomic E-state index is 13.8. The lowest BCUT2D eigenvalue weighted by atomic mass is 10.0. The van der Waals surface area contributed by atoms with Gasteiger partial charge in [0.25, 0.3) is 5.91 Å². The van der Waals surface area contributed by atoms with Crippen LogP contribution in [0.2, 0.25) is 0 Å². The van der Waals surface area contributed by atoms with Gasteiger partial charge in [-0.05, 0) is 56.4 Å². The van der Waals surface area contributed by atoms with Crippen molar-refractivity contribution in [3.63, 3.8) is 0 Å². The van der Waals surface area contributed by atoms with Crippen LogP contribution >= 0.6 is 0 Å². The van der Waals surface area contributed by atoms with Gasteiger partial charge in [-0.3, -0.25) is 9.59 Å². The number of benzene rings is 2. The molecule has 0 spiro atoms. The van der Waals surface area contributed by atoms with Gasteiger partial charge in [0.2, 0.25) is 5.91 Å². The summed E-state index contributed by atoms with van der Waals surface area (Å²) in [6, 6.07) is 16.5. The molecular weight excluding hydrogens is 516 g/mol. The third kappa shape index (κ3) is 8.77. The minimum Gasteiger partial charge on any atom is -0.493 e. The Labute approximate surface area is 245 Å². The van der Waals surface area contributed by atoms with Crippen LogP contribution in [0.25, 0.3) is 0 Å². The van der Waals surface area contributed by atoms with E-state index >= 15 is 0 Å². The topological polar surface area (TPSA) is 83.1 Å². The van der Waals surface area contributed by atoms with Crippen molar-refractivity contribution < 1.29 is 19.1 Å². The van der Waals surface area contributed by atoms with E-state index in [0.717, 1.165) is 55.6 Å². The predicted octanol–water partition coefficient (Wildman–Crippen LogP) is 3.88. The van der Waals surface area contributed by atoms with E-state index in [1.54, 1.807) is 7.11 Å². The fourth-order valence-corrected chi connectivity index (χ4v) is 5.52. The van der Waals surface area contributed by atoms with E-state index in [1.165, 1.54) is 0 Å². The van der Waals surface area contributed by atoms with E-state index in [2.05, 4.69) is 43.5 Å². The van der Waals surface area contributed by atoms with Crippen LogP contribution in [-0.4, -0.2) is 86.2 Å². The van der Waals surface area contributed by atoms with Gasteiger partial charge in [-0.1, -0.05) is 43.3 Å². The molecule has 0 radical (unpaired) electrons. The molecule has 1 aliphatic heterocycles. The first-order chi connectivity index (χ1) is 19.9. The number of carbonyl (C=O) groups is 2. The van der Waals surface area contributed by atoms with E-state index in [0.29, 0.717) is 44.5 Å². The summed E-state index contributed by atoms with van der Waals surface area (Å²) >= 11 is 0. The number of aryl methyl sites for hydroxylation is 1. The molecule has 2 atom stereocenters. The van der Waals surface area contributed by atoms with Crippen LogP contribution < -0.4 is 15.4 Å². The van der Waals surface area contributed by atoms with Gasteiger partial charge in [-0.2, -0.15) is 0 Å². The standard InChI is InChI=1S/C33H48N4O4/c1-5-26-12-13-27(18-31(26)41-17-9-16-40-4)33(39)36(24(2)3)23-28-19-34-20-30(28)35-21-32(38)37(29-14-15-29)22-25-10-7-6-8-11-25/h6-8,10-13,18,24,28-30,34-35H,5,9,14-17,19-23H2,1-4H3/t28-,30+/m0/s1. The first kappa shape index (κ1) is 31.0. The van der Waals surface area contributed by atoms with Gasteiger partial charge >= 0.3 is 0 Å². The monoisotopic (exact) mass is 564 g/mol. The highest BCUT2D eigenvalue weighted by Gasteiger charge is 2.35. The van der Waals surface area contributed by atoms with Crippen LogP contribution in [0.5, 0.6) is 5.75 Å². The number of carbonyl (C=O) groups excluding carboxylic acids is 2. The van der Waals surface area contributed by atoms with Crippen LogP contribution in [0.15, 0.2) is 48.5 Å². The molecule has 2 aromatic carbocycles. The molecular formula is C33H48N4O4. The molecule has 4 rings (SSSR count). The highest BCUT2D eigenvalue weighted by molar-refractivity contribution is 5.95. The van der Waals surface area contributed by atoms with Crippen molar-refractivity contribution in [2.75, 3.05) is 46.5 Å². The Morgan fingerprint density at radius 1 is 1.07 bits per heavy atom. The van der Waals surface area contributed by atoms with Crippen molar-refractivity contribution in [1.82, 2.24) is 20.4 Å². The van der Waals surface area contributed by atoms with Crippen molar-refractivity contribution >= 4 is 11.8 Å². The number of amides is 2. The van der Waals surface area contributed by atoms with Gasteiger partial charge in [0.15, 0.2) is 0 Å². The molecule has 8 heteroatoms. The summed E-state index contributed by atoms with van der Waals surface area (Å²) in [6.07, 6.45) is 3.80. The number of nitrogens with one attached hydrogen (secondary N) is 2. The number of ether oxygens (including phenoxy) is 2. The Bertz CT molecular complexity index is 1120. The third-order valence-corrected chi connectivity index (χ3v) is 8.12. The Hall–Kier alpha value is -2.94. The molecule has 2 N–H and O–H groups in total. The summed E-state index contributed by atoms with van der Waals surface area (Å²) in [6.45, 7) is 10.6. The van der Waals surface area contributed by atoms with Crippen molar-refractivity contribution in [3.05, 3.63) is 65.2 Å². The van der Waals surface area contributed by atoms with Gasteiger partial charge in [-0.25, -0.2) is 0 Å². The van der Waals surface area contributed by atoms with Crippen LogP contribution in [0.1, 0.15) is 61.5 Å². The summed E-state index contributed by atoms with van der Waals surface area (Å²) in [5.74, 6) is 1.13. The number of hydrogen-bond acceptors (Lipinski definition) is 6. The normalized spacial score (nSPS) is 18.5. The Morgan fingerprint density at radius 2 is 1.85 bits per heavy atom. The molecule has 2 aromatic rings. The van der Waals surface area contributed by atoms with Crippen molar-refractivity contribution in [1.29, 1.82) is 0 Å². The first-order valence-electron chi connectivity index (χ1n) is 15.2. The smallest absolute Gasteiger partial charge is 0.254 e. The molecule has 2 fully saturated rings. The molecule has 0 bridgehead atoms. The average molecular weight is 565 g/mol. The van der Waals surface area contributed by atoms with E-state index < -0.39 is 0 Å². The molecule has 2 amide bonds. The van der Waals surface area contributed by atoms with E-state index in [9.17, 15) is 9.59 Å². The molecule has 41 heavy (non-hydrogen) atoms. The summed E-state index contributed by atoms with van der Waals surface area (Å²) in [5.41, 5.74) is 2.90. The van der Waals surface area contributed by atoms with E-state index in [4.69, 9.17) is 9.47 Å². The molecule has 0 aromatic heterocycles. The largest absolute Gasteiger partial charge is 0.493 e. The highest BCUT2D eigenvalue weighted by atomic mass is 16.5. The summed E-state index contributed by atoms with van der Waals surface area (Å²) in [5, 5.41) is 7.01. The molecule has 1 aliphatic carbocycles. The van der Waals surface area contributed by atoms with Crippen LogP contribution in [0.3, 0.4) is 0 Å². The van der Waals surface area contributed by atoms with Gasteiger partial charge in [0.05, 0.1) is 13.2 Å². The second kappa shape index (κ2) is 15.3. The summed E-state index contributed by atoms with van der Waals surface area (Å²) < 4.78 is 11.2. The molecule has 1 saturated heterocycles.